The van der Waals surface area contributed by atoms with Crippen molar-refractivity contribution in [2.75, 3.05) is 6.54 Å². The van der Waals surface area contributed by atoms with Gasteiger partial charge in [-0.05, 0) is 48.9 Å². The Balaban J connectivity index is 1.40. The van der Waals surface area contributed by atoms with Crippen LogP contribution in [0.3, 0.4) is 0 Å². The van der Waals surface area contributed by atoms with Crippen LogP contribution >= 0.6 is 0 Å². The molecule has 5 rings (SSSR count). The van der Waals surface area contributed by atoms with E-state index in [4.69, 9.17) is 9.26 Å². The van der Waals surface area contributed by atoms with Gasteiger partial charge in [0.05, 0.1) is 19.3 Å². The van der Waals surface area contributed by atoms with Gasteiger partial charge in [0.2, 0.25) is 5.89 Å². The highest BCUT2D eigenvalue weighted by atomic mass is 16.5. The van der Waals surface area contributed by atoms with Crippen molar-refractivity contribution in [2.24, 2.45) is 0 Å². The molecule has 3 aliphatic rings. The summed E-state index contributed by atoms with van der Waals surface area (Å²) in [5.41, 5.74) is 3.01. The molecule has 2 aromatic rings. The number of aromatic nitrogens is 2. The van der Waals surface area contributed by atoms with Crippen molar-refractivity contribution < 1.29 is 14.1 Å². The number of nitrogens with zero attached hydrogens (tertiary/aromatic N) is 3. The van der Waals surface area contributed by atoms with Crippen molar-refractivity contribution in [3.63, 3.8) is 0 Å². The third kappa shape index (κ3) is 2.33. The summed E-state index contributed by atoms with van der Waals surface area (Å²) in [5, 5.41) is 4.14. The lowest BCUT2D eigenvalue weighted by Crippen LogP contribution is -2.31. The third-order valence-electron chi connectivity index (χ3n) is 5.16. The first-order valence-corrected chi connectivity index (χ1v) is 8.63. The zero-order chi connectivity index (χ0) is 16.1. The van der Waals surface area contributed by atoms with Crippen LogP contribution in [0.15, 0.2) is 22.7 Å². The molecule has 2 fully saturated rings. The van der Waals surface area contributed by atoms with Crippen LogP contribution < -0.4 is 0 Å². The van der Waals surface area contributed by atoms with Gasteiger partial charge in [0, 0.05) is 18.0 Å². The van der Waals surface area contributed by atoms with Gasteiger partial charge < -0.3 is 14.2 Å². The molecule has 1 amide bonds. The maximum absolute atomic E-state index is 13.0. The van der Waals surface area contributed by atoms with Crippen LogP contribution in [0.1, 0.15) is 70.8 Å². The Morgan fingerprint density at radius 2 is 2.04 bits per heavy atom. The second-order valence-electron chi connectivity index (χ2n) is 6.90. The molecule has 1 atom stereocenters. The molecule has 2 aliphatic heterocycles. The Labute approximate surface area is 139 Å². The molecule has 1 saturated carbocycles. The number of benzene rings is 1. The average Bonchev–Trinajstić information content (AvgIpc) is 3.06. The summed E-state index contributed by atoms with van der Waals surface area (Å²) >= 11 is 0. The quantitative estimate of drug-likeness (QED) is 0.868. The summed E-state index contributed by atoms with van der Waals surface area (Å²) in [4.78, 5) is 19.4. The normalized spacial score (nSPS) is 22.8. The Bertz CT molecular complexity index is 797. The number of hydrogen-bond donors (Lipinski definition) is 0. The van der Waals surface area contributed by atoms with E-state index in [1.54, 1.807) is 0 Å². The second kappa shape index (κ2) is 5.41. The highest BCUT2D eigenvalue weighted by Gasteiger charge is 2.36. The zero-order valence-corrected chi connectivity index (χ0v) is 13.4. The highest BCUT2D eigenvalue weighted by molar-refractivity contribution is 5.95. The van der Waals surface area contributed by atoms with E-state index in [9.17, 15) is 4.79 Å². The minimum atomic E-state index is -0.0711. The molecule has 0 spiro atoms. The van der Waals surface area contributed by atoms with E-state index < -0.39 is 0 Å². The summed E-state index contributed by atoms with van der Waals surface area (Å²) in [6, 6.07) is 5.79. The first-order valence-electron chi connectivity index (χ1n) is 8.63. The lowest BCUT2D eigenvalue weighted by molar-refractivity contribution is 0.0728. The average molecular weight is 325 g/mol. The van der Waals surface area contributed by atoms with E-state index in [2.05, 4.69) is 10.1 Å². The highest BCUT2D eigenvalue weighted by Crippen LogP contribution is 2.40. The van der Waals surface area contributed by atoms with Gasteiger partial charge in [0.15, 0.2) is 5.82 Å². The zero-order valence-electron chi connectivity index (χ0n) is 13.4. The van der Waals surface area contributed by atoms with Crippen LogP contribution in [0.2, 0.25) is 0 Å². The van der Waals surface area contributed by atoms with Crippen molar-refractivity contribution in [2.45, 2.75) is 50.9 Å². The Morgan fingerprint density at radius 1 is 1.17 bits per heavy atom. The van der Waals surface area contributed by atoms with Gasteiger partial charge in [-0.25, -0.2) is 0 Å². The maximum atomic E-state index is 13.0. The minimum absolute atomic E-state index is 0.0463. The first-order chi connectivity index (χ1) is 11.8. The molecule has 1 aliphatic carbocycles. The number of rotatable bonds is 3. The Morgan fingerprint density at radius 3 is 2.92 bits per heavy atom. The molecular formula is C18H19N3O3. The van der Waals surface area contributed by atoms with Crippen LogP contribution in [-0.2, 0) is 18.0 Å². The maximum Gasteiger partial charge on any atom is 0.254 e. The molecule has 1 aromatic heterocycles. The van der Waals surface area contributed by atoms with Crippen molar-refractivity contribution in [3.05, 3.63) is 46.6 Å². The van der Waals surface area contributed by atoms with Crippen molar-refractivity contribution in [1.29, 1.82) is 0 Å². The summed E-state index contributed by atoms with van der Waals surface area (Å²) in [6.45, 7) is 1.98. The molecule has 124 valence electrons. The van der Waals surface area contributed by atoms with Crippen molar-refractivity contribution in [1.82, 2.24) is 15.0 Å². The third-order valence-corrected chi connectivity index (χ3v) is 5.16. The Hall–Kier alpha value is -2.21. The fourth-order valence-electron chi connectivity index (χ4n) is 3.63. The molecule has 24 heavy (non-hydrogen) atoms. The minimum Gasteiger partial charge on any atom is -0.372 e. The number of fused-ring (bicyclic) bond motifs is 1. The molecule has 6 nitrogen and oxygen atoms in total. The van der Waals surface area contributed by atoms with Gasteiger partial charge in [-0.2, -0.15) is 4.98 Å². The number of amides is 1. The van der Waals surface area contributed by atoms with Gasteiger partial charge >= 0.3 is 0 Å². The van der Waals surface area contributed by atoms with E-state index in [-0.39, 0.29) is 11.9 Å². The number of likely N-dealkylation sites (tertiary alicyclic amines) is 1. The second-order valence-corrected chi connectivity index (χ2v) is 6.90. The lowest BCUT2D eigenvalue weighted by atomic mass is 10.1. The molecule has 0 bridgehead atoms. The fraction of sp³-hybridized carbons (Fsp3) is 0.500. The van der Waals surface area contributed by atoms with Gasteiger partial charge in [-0.3, -0.25) is 4.79 Å². The fourth-order valence-corrected chi connectivity index (χ4v) is 3.63. The number of ether oxygens (including phenoxy) is 1. The summed E-state index contributed by atoms with van der Waals surface area (Å²) in [6.07, 6.45) is 4.12. The predicted octanol–water partition coefficient (Wildman–Crippen LogP) is 2.95. The number of hydrogen-bond acceptors (Lipinski definition) is 5. The molecular weight excluding hydrogens is 306 g/mol. The van der Waals surface area contributed by atoms with E-state index in [1.165, 1.54) is 5.56 Å². The summed E-state index contributed by atoms with van der Waals surface area (Å²) < 4.78 is 10.8. The molecule has 0 N–H and O–H groups in total. The van der Waals surface area contributed by atoms with Crippen LogP contribution in [0.25, 0.3) is 0 Å². The molecule has 0 radical (unpaired) electrons. The van der Waals surface area contributed by atoms with Crippen LogP contribution in [-0.4, -0.2) is 27.5 Å². The molecule has 1 saturated heterocycles. The van der Waals surface area contributed by atoms with E-state index in [0.29, 0.717) is 25.0 Å². The standard InChI is InChI=1S/C18H19N3O3/c22-18(12-5-6-13-9-23-10-14(13)8-12)21-7-1-2-15(21)16-19-17(24-20-16)11-3-4-11/h5-6,8,11,15H,1-4,7,9-10H2. The molecule has 1 aromatic carbocycles. The number of carbonyl (C=O) groups excluding carboxylic acids is 1. The van der Waals surface area contributed by atoms with E-state index in [0.717, 1.165) is 49.2 Å². The van der Waals surface area contributed by atoms with Crippen LogP contribution in [0, 0.1) is 0 Å². The van der Waals surface area contributed by atoms with Crippen LogP contribution in [0.4, 0.5) is 0 Å². The van der Waals surface area contributed by atoms with Crippen LogP contribution in [0.5, 0.6) is 0 Å². The Kier molecular flexibility index (Phi) is 3.19. The SMILES string of the molecule is O=C(c1ccc2c(c1)COC2)N1CCCC1c1noc(C2CC2)n1. The smallest absolute Gasteiger partial charge is 0.254 e. The summed E-state index contributed by atoms with van der Waals surface area (Å²) in [7, 11) is 0. The van der Waals surface area contributed by atoms with Crippen molar-refractivity contribution >= 4 is 5.91 Å². The predicted molar refractivity (Wildman–Crippen MR) is 84.2 cm³/mol. The van der Waals surface area contributed by atoms with Gasteiger partial charge in [0.1, 0.15) is 0 Å². The van der Waals surface area contributed by atoms with Gasteiger partial charge in [0.25, 0.3) is 5.91 Å². The summed E-state index contributed by atoms with van der Waals surface area (Å²) in [5.74, 6) is 1.88. The van der Waals surface area contributed by atoms with E-state index >= 15 is 0 Å². The molecule has 3 heterocycles. The van der Waals surface area contributed by atoms with Gasteiger partial charge in [-0.15, -0.1) is 0 Å². The topological polar surface area (TPSA) is 68.5 Å². The lowest BCUT2D eigenvalue weighted by Gasteiger charge is -2.22. The van der Waals surface area contributed by atoms with Gasteiger partial charge in [-0.1, -0.05) is 11.2 Å². The monoisotopic (exact) mass is 325 g/mol. The largest absolute Gasteiger partial charge is 0.372 e. The first kappa shape index (κ1) is 14.2. The molecule has 1 unspecified atom stereocenters. The number of carbonyl (C=O) groups is 1. The van der Waals surface area contributed by atoms with Crippen molar-refractivity contribution in [3.8, 4) is 0 Å². The molecule has 6 heteroatoms. The van der Waals surface area contributed by atoms with E-state index in [1.807, 2.05) is 23.1 Å².